The second-order valence-electron chi connectivity index (χ2n) is 6.02. The van der Waals surface area contributed by atoms with E-state index in [1.54, 1.807) is 13.8 Å². The number of halogens is 1. The van der Waals surface area contributed by atoms with Crippen LogP contribution in [0.25, 0.3) is 0 Å². The van der Waals surface area contributed by atoms with Gasteiger partial charge in [-0.05, 0) is 40.7 Å². The fraction of sp³-hybridized carbons (Fsp3) is 0.688. The fourth-order valence-corrected chi connectivity index (χ4v) is 2.93. The summed E-state index contributed by atoms with van der Waals surface area (Å²) in [6.45, 7) is 10.3. The summed E-state index contributed by atoms with van der Waals surface area (Å²) in [6, 6.07) is 1.81. The molecule has 8 nitrogen and oxygen atoms in total. The van der Waals surface area contributed by atoms with Crippen LogP contribution in [0.15, 0.2) is 15.5 Å². The molecule has 152 valence electrons. The number of guanidine groups is 1. The smallest absolute Gasteiger partial charge is 0.211 e. The molecule has 0 radical (unpaired) electrons. The van der Waals surface area contributed by atoms with Crippen LogP contribution in [0.2, 0.25) is 0 Å². The molecule has 0 fully saturated rings. The van der Waals surface area contributed by atoms with Gasteiger partial charge in [0.25, 0.3) is 0 Å². The van der Waals surface area contributed by atoms with Crippen molar-refractivity contribution < 1.29 is 17.9 Å². The van der Waals surface area contributed by atoms with E-state index in [4.69, 9.17) is 4.42 Å². The third kappa shape index (κ3) is 8.23. The lowest BCUT2D eigenvalue weighted by molar-refractivity contribution is 0.0657. The van der Waals surface area contributed by atoms with E-state index in [2.05, 4.69) is 20.3 Å². The van der Waals surface area contributed by atoms with Gasteiger partial charge in [-0.3, -0.25) is 0 Å². The topological polar surface area (TPSA) is 116 Å². The lowest BCUT2D eigenvalue weighted by atomic mass is 9.96. The molecule has 1 atom stereocenters. The number of sulfonamides is 1. The van der Waals surface area contributed by atoms with Gasteiger partial charge in [-0.15, -0.1) is 24.0 Å². The zero-order chi connectivity index (χ0) is 19.1. The number of aliphatic imine (C=N–C) groups is 1. The van der Waals surface area contributed by atoms with Crippen molar-refractivity contribution in [3.05, 3.63) is 23.2 Å². The molecule has 1 aromatic heterocycles. The first-order chi connectivity index (χ1) is 11.6. The highest BCUT2D eigenvalue weighted by molar-refractivity contribution is 14.0. The van der Waals surface area contributed by atoms with E-state index < -0.39 is 15.6 Å². The monoisotopic (exact) mass is 502 g/mol. The molecule has 1 aromatic rings. The van der Waals surface area contributed by atoms with E-state index in [9.17, 15) is 13.5 Å². The van der Waals surface area contributed by atoms with Crippen molar-refractivity contribution in [1.29, 1.82) is 0 Å². The predicted octanol–water partition coefficient (Wildman–Crippen LogP) is 1.22. The van der Waals surface area contributed by atoms with Gasteiger partial charge in [0.05, 0.1) is 12.3 Å². The van der Waals surface area contributed by atoms with Crippen LogP contribution in [-0.4, -0.2) is 51.4 Å². The van der Waals surface area contributed by atoms with Crippen molar-refractivity contribution in [2.45, 2.75) is 40.2 Å². The molecular weight excluding hydrogens is 471 g/mol. The van der Waals surface area contributed by atoms with Crippen molar-refractivity contribution >= 4 is 40.0 Å². The average Bonchev–Trinajstić information content (AvgIpc) is 2.88. The lowest BCUT2D eigenvalue weighted by Crippen LogP contribution is -2.42. The lowest BCUT2D eigenvalue weighted by Gasteiger charge is -2.21. The van der Waals surface area contributed by atoms with Gasteiger partial charge in [0.2, 0.25) is 10.0 Å². The molecule has 0 aliphatic carbocycles. The molecular formula is C16H31IN4O4S. The van der Waals surface area contributed by atoms with E-state index in [1.807, 2.05) is 26.8 Å². The largest absolute Gasteiger partial charge is 0.466 e. The van der Waals surface area contributed by atoms with Crippen LogP contribution in [0.3, 0.4) is 0 Å². The van der Waals surface area contributed by atoms with Gasteiger partial charge in [-0.1, -0.05) is 0 Å². The molecule has 1 rings (SSSR count). The molecule has 0 saturated heterocycles. The van der Waals surface area contributed by atoms with Crippen LogP contribution in [0, 0.1) is 13.8 Å². The van der Waals surface area contributed by atoms with E-state index in [0.29, 0.717) is 30.4 Å². The van der Waals surface area contributed by atoms with Gasteiger partial charge in [-0.25, -0.2) is 18.1 Å². The summed E-state index contributed by atoms with van der Waals surface area (Å²) in [5, 5.41) is 16.8. The summed E-state index contributed by atoms with van der Waals surface area (Å²) in [4.78, 5) is 4.39. The Labute approximate surface area is 173 Å². The summed E-state index contributed by atoms with van der Waals surface area (Å²) in [5.41, 5.74) is -0.450. The molecule has 0 aliphatic rings. The first-order valence-corrected chi connectivity index (χ1v) is 10.1. The number of nitrogens with one attached hydrogen (secondary N) is 3. The third-order valence-electron chi connectivity index (χ3n) is 3.63. The molecule has 1 unspecified atom stereocenters. The van der Waals surface area contributed by atoms with Crippen LogP contribution < -0.4 is 15.4 Å². The van der Waals surface area contributed by atoms with Gasteiger partial charge in [0.15, 0.2) is 5.96 Å². The Kier molecular flexibility index (Phi) is 10.7. The summed E-state index contributed by atoms with van der Waals surface area (Å²) in [6.07, 6.45) is 0. The summed E-state index contributed by atoms with van der Waals surface area (Å²) < 4.78 is 30.7. The van der Waals surface area contributed by atoms with Crippen LogP contribution in [0.5, 0.6) is 0 Å². The molecule has 0 aliphatic heterocycles. The first-order valence-electron chi connectivity index (χ1n) is 8.40. The molecule has 10 heteroatoms. The van der Waals surface area contributed by atoms with Crippen molar-refractivity contribution in [3.8, 4) is 0 Å². The van der Waals surface area contributed by atoms with E-state index in [1.165, 1.54) is 0 Å². The van der Waals surface area contributed by atoms with E-state index >= 15 is 0 Å². The molecule has 0 aromatic carbocycles. The van der Waals surface area contributed by atoms with Crippen molar-refractivity contribution in [3.63, 3.8) is 0 Å². The number of hydrogen-bond donors (Lipinski definition) is 4. The number of aliphatic hydroxyl groups is 1. The number of furan rings is 1. The number of aryl methyl sites for hydroxylation is 2. The maximum Gasteiger partial charge on any atom is 0.211 e. The summed E-state index contributed by atoms with van der Waals surface area (Å²) >= 11 is 0. The second kappa shape index (κ2) is 11.1. The minimum Gasteiger partial charge on any atom is -0.466 e. The van der Waals surface area contributed by atoms with Crippen molar-refractivity contribution in [2.24, 2.45) is 4.99 Å². The second-order valence-corrected chi connectivity index (χ2v) is 8.12. The number of nitrogens with zero attached hydrogens (tertiary/aromatic N) is 1. The van der Waals surface area contributed by atoms with Gasteiger partial charge >= 0.3 is 0 Å². The molecule has 0 bridgehead atoms. The Morgan fingerprint density at radius 3 is 2.42 bits per heavy atom. The van der Waals surface area contributed by atoms with Gasteiger partial charge in [0, 0.05) is 25.2 Å². The minimum absolute atomic E-state index is 0. The van der Waals surface area contributed by atoms with Crippen LogP contribution in [0.1, 0.15) is 37.9 Å². The highest BCUT2D eigenvalue weighted by Crippen LogP contribution is 2.27. The maximum absolute atomic E-state index is 11.4. The molecule has 4 N–H and O–H groups in total. The summed E-state index contributed by atoms with van der Waals surface area (Å²) in [5.74, 6) is 1.97. The van der Waals surface area contributed by atoms with Crippen molar-refractivity contribution in [2.75, 3.05) is 31.9 Å². The predicted molar refractivity (Wildman–Crippen MR) is 115 cm³/mol. The Hall–Kier alpha value is -0.850. The summed E-state index contributed by atoms with van der Waals surface area (Å²) in [7, 11) is -3.20. The number of hydrogen-bond acceptors (Lipinski definition) is 5. The molecule has 1 heterocycles. The van der Waals surface area contributed by atoms with Gasteiger partial charge in [0.1, 0.15) is 17.1 Å². The maximum atomic E-state index is 11.4. The Balaban J connectivity index is 0.00000625. The van der Waals surface area contributed by atoms with Crippen LogP contribution >= 0.6 is 24.0 Å². The van der Waals surface area contributed by atoms with Crippen LogP contribution in [-0.2, 0) is 15.6 Å². The number of rotatable bonds is 9. The highest BCUT2D eigenvalue weighted by atomic mass is 127. The first kappa shape index (κ1) is 25.1. The molecule has 0 amide bonds. The third-order valence-corrected chi connectivity index (χ3v) is 5.03. The van der Waals surface area contributed by atoms with E-state index in [-0.39, 0.29) is 42.8 Å². The van der Waals surface area contributed by atoms with E-state index in [0.717, 1.165) is 5.76 Å². The van der Waals surface area contributed by atoms with Gasteiger partial charge < -0.3 is 20.2 Å². The highest BCUT2D eigenvalue weighted by Gasteiger charge is 2.27. The standard InChI is InChI=1S/C16H30N4O4S.HI/c1-6-17-15(18-8-9-20-25(22,23)7-2)19-11-16(5,21)14-10-12(3)24-13(14)4;/h10,20-21H,6-9,11H2,1-5H3,(H2,17,18,19);1H. The quantitative estimate of drug-likeness (QED) is 0.175. The Morgan fingerprint density at radius 1 is 1.27 bits per heavy atom. The zero-order valence-corrected chi connectivity index (χ0v) is 19.2. The average molecular weight is 502 g/mol. The fourth-order valence-electron chi connectivity index (χ4n) is 2.31. The Morgan fingerprint density at radius 2 is 1.92 bits per heavy atom. The molecule has 0 saturated carbocycles. The zero-order valence-electron chi connectivity index (χ0n) is 16.0. The minimum atomic E-state index is -3.20. The van der Waals surface area contributed by atoms with Crippen molar-refractivity contribution in [1.82, 2.24) is 15.4 Å². The molecule has 26 heavy (non-hydrogen) atoms. The van der Waals surface area contributed by atoms with Gasteiger partial charge in [-0.2, -0.15) is 0 Å². The molecule has 0 spiro atoms. The SMILES string of the molecule is CCNC(=NCC(C)(O)c1cc(C)oc1C)NCCNS(=O)(=O)CC.I. The Bertz CT molecular complexity index is 686. The van der Waals surface area contributed by atoms with Crippen LogP contribution in [0.4, 0.5) is 0 Å². The normalized spacial score (nSPS) is 14.5.